The molecule has 0 atom stereocenters. The molecule has 3 aromatic rings. The molecule has 4 heteroatoms. The molecule has 120 valence electrons. The quantitative estimate of drug-likeness (QED) is 0.785. The van der Waals surface area contributed by atoms with Crippen LogP contribution in [0.25, 0.3) is 5.69 Å². The summed E-state index contributed by atoms with van der Waals surface area (Å²) in [4.78, 5) is 16.7. The van der Waals surface area contributed by atoms with E-state index >= 15 is 0 Å². The zero-order chi connectivity index (χ0) is 16.4. The normalized spacial score (nSPS) is 15.0. The van der Waals surface area contributed by atoms with Crippen molar-refractivity contribution in [2.75, 3.05) is 0 Å². The zero-order valence-corrected chi connectivity index (χ0v) is 13.4. The zero-order valence-electron chi connectivity index (χ0n) is 13.4. The summed E-state index contributed by atoms with van der Waals surface area (Å²) in [5.74, 6) is 0.132. The van der Waals surface area contributed by atoms with Crippen LogP contribution in [-0.2, 0) is 16.8 Å². The highest BCUT2D eigenvalue weighted by Crippen LogP contribution is 2.48. The van der Waals surface area contributed by atoms with E-state index in [9.17, 15) is 4.79 Å². The number of amides is 1. The van der Waals surface area contributed by atoms with Crippen LogP contribution in [0.1, 0.15) is 24.0 Å². The molecule has 4 nitrogen and oxygen atoms in total. The molecule has 0 saturated heterocycles. The first kappa shape index (κ1) is 14.7. The van der Waals surface area contributed by atoms with Crippen LogP contribution in [-0.4, -0.2) is 15.5 Å². The molecule has 0 aliphatic heterocycles. The number of benzene rings is 2. The first-order valence-corrected chi connectivity index (χ1v) is 8.19. The molecule has 0 radical (unpaired) electrons. The van der Waals surface area contributed by atoms with Gasteiger partial charge in [-0.2, -0.15) is 0 Å². The van der Waals surface area contributed by atoms with Crippen molar-refractivity contribution in [3.8, 4) is 5.69 Å². The Morgan fingerprint density at radius 3 is 2.46 bits per heavy atom. The summed E-state index contributed by atoms with van der Waals surface area (Å²) in [6.45, 7) is 0.553. The molecule has 1 aliphatic rings. The van der Waals surface area contributed by atoms with Crippen molar-refractivity contribution in [1.82, 2.24) is 14.9 Å². The van der Waals surface area contributed by atoms with Gasteiger partial charge >= 0.3 is 0 Å². The second kappa shape index (κ2) is 5.96. The molecule has 1 saturated carbocycles. The molecule has 0 bridgehead atoms. The van der Waals surface area contributed by atoms with E-state index in [4.69, 9.17) is 0 Å². The Morgan fingerprint density at radius 2 is 1.83 bits per heavy atom. The molecule has 1 heterocycles. The minimum atomic E-state index is -0.308. The fourth-order valence-corrected chi connectivity index (χ4v) is 3.08. The number of nitrogens with zero attached hydrogens (tertiary/aromatic N) is 2. The van der Waals surface area contributed by atoms with Gasteiger partial charge in [0, 0.05) is 24.6 Å². The Bertz CT molecular complexity index is 819. The number of carbonyl (C=O) groups is 1. The molecule has 24 heavy (non-hydrogen) atoms. The van der Waals surface area contributed by atoms with Crippen molar-refractivity contribution in [2.24, 2.45) is 0 Å². The van der Waals surface area contributed by atoms with Crippen LogP contribution >= 0.6 is 0 Å². The highest BCUT2D eigenvalue weighted by atomic mass is 16.2. The molecule has 0 spiro atoms. The standard InChI is InChI=1S/C20H19N3O/c24-19(20(10-11-20)17-4-2-1-3-5-17)22-14-16-6-8-18(9-7-16)23-13-12-21-15-23/h1-9,12-13,15H,10-11,14H2,(H,22,24). The van der Waals surface area contributed by atoms with E-state index in [0.29, 0.717) is 6.54 Å². The molecule has 4 rings (SSSR count). The molecule has 1 N–H and O–H groups in total. The minimum absolute atomic E-state index is 0.132. The third-order valence-corrected chi connectivity index (χ3v) is 4.70. The Labute approximate surface area is 141 Å². The maximum Gasteiger partial charge on any atom is 0.230 e. The number of imidazole rings is 1. The second-order valence-corrected chi connectivity index (χ2v) is 6.27. The van der Waals surface area contributed by atoms with Gasteiger partial charge in [-0.15, -0.1) is 0 Å². The first-order chi connectivity index (χ1) is 11.8. The summed E-state index contributed by atoms with van der Waals surface area (Å²) in [5.41, 5.74) is 2.97. The van der Waals surface area contributed by atoms with Crippen molar-refractivity contribution in [1.29, 1.82) is 0 Å². The summed E-state index contributed by atoms with van der Waals surface area (Å²) in [6.07, 6.45) is 7.30. The van der Waals surface area contributed by atoms with Crippen LogP contribution in [0, 0.1) is 0 Å². The van der Waals surface area contributed by atoms with Crippen molar-refractivity contribution >= 4 is 5.91 Å². The molecule has 2 aromatic carbocycles. The van der Waals surface area contributed by atoms with Gasteiger partial charge in [0.05, 0.1) is 11.7 Å². The molecule has 1 aromatic heterocycles. The average molecular weight is 317 g/mol. The molecule has 1 fully saturated rings. The van der Waals surface area contributed by atoms with E-state index in [1.54, 1.807) is 12.5 Å². The van der Waals surface area contributed by atoms with Gasteiger partial charge in [0.2, 0.25) is 5.91 Å². The SMILES string of the molecule is O=C(NCc1ccc(-n2ccnc2)cc1)C1(c2ccccc2)CC1. The van der Waals surface area contributed by atoms with Crippen LogP contribution in [0.15, 0.2) is 73.3 Å². The largest absolute Gasteiger partial charge is 0.351 e. The van der Waals surface area contributed by atoms with Crippen molar-refractivity contribution in [2.45, 2.75) is 24.8 Å². The fraction of sp³-hybridized carbons (Fsp3) is 0.200. The predicted molar refractivity (Wildman–Crippen MR) is 92.8 cm³/mol. The number of carbonyl (C=O) groups excluding carboxylic acids is 1. The smallest absolute Gasteiger partial charge is 0.230 e. The predicted octanol–water partition coefficient (Wildman–Crippen LogP) is 3.22. The van der Waals surface area contributed by atoms with Gasteiger partial charge in [-0.1, -0.05) is 42.5 Å². The van der Waals surface area contributed by atoms with E-state index in [1.165, 1.54) is 0 Å². The number of aromatic nitrogens is 2. The molecular weight excluding hydrogens is 298 g/mol. The van der Waals surface area contributed by atoms with Gasteiger partial charge < -0.3 is 9.88 Å². The number of rotatable bonds is 5. The molecule has 1 aliphatic carbocycles. The summed E-state index contributed by atoms with van der Waals surface area (Å²) >= 11 is 0. The van der Waals surface area contributed by atoms with Crippen LogP contribution in [0.4, 0.5) is 0 Å². The Balaban J connectivity index is 1.41. The lowest BCUT2D eigenvalue weighted by atomic mass is 9.95. The van der Waals surface area contributed by atoms with Gasteiger partial charge in [-0.05, 0) is 36.1 Å². The van der Waals surface area contributed by atoms with E-state index in [1.807, 2.05) is 65.4 Å². The monoisotopic (exact) mass is 317 g/mol. The summed E-state index contributed by atoms with van der Waals surface area (Å²) < 4.78 is 1.96. The van der Waals surface area contributed by atoms with E-state index in [-0.39, 0.29) is 11.3 Å². The average Bonchev–Trinajstić information content (AvgIpc) is 3.28. The lowest BCUT2D eigenvalue weighted by molar-refractivity contribution is -0.123. The fourth-order valence-electron chi connectivity index (χ4n) is 3.08. The topological polar surface area (TPSA) is 46.9 Å². The second-order valence-electron chi connectivity index (χ2n) is 6.27. The molecular formula is C20H19N3O. The van der Waals surface area contributed by atoms with Crippen LogP contribution < -0.4 is 5.32 Å². The maximum atomic E-state index is 12.6. The van der Waals surface area contributed by atoms with E-state index in [2.05, 4.69) is 10.3 Å². The minimum Gasteiger partial charge on any atom is -0.351 e. The first-order valence-electron chi connectivity index (χ1n) is 8.19. The lowest BCUT2D eigenvalue weighted by Crippen LogP contribution is -2.34. The molecule has 1 amide bonds. The Hall–Kier alpha value is -2.88. The third-order valence-electron chi connectivity index (χ3n) is 4.70. The maximum absolute atomic E-state index is 12.6. The van der Waals surface area contributed by atoms with Crippen molar-refractivity contribution in [3.63, 3.8) is 0 Å². The van der Waals surface area contributed by atoms with Gasteiger partial charge in [-0.25, -0.2) is 4.98 Å². The van der Waals surface area contributed by atoms with Gasteiger partial charge in [0.15, 0.2) is 0 Å². The van der Waals surface area contributed by atoms with Crippen molar-refractivity contribution in [3.05, 3.63) is 84.4 Å². The summed E-state index contributed by atoms with van der Waals surface area (Å²) in [5, 5.41) is 3.10. The number of hydrogen-bond donors (Lipinski definition) is 1. The van der Waals surface area contributed by atoms with Crippen molar-refractivity contribution < 1.29 is 4.79 Å². The lowest BCUT2D eigenvalue weighted by Gasteiger charge is -2.16. The Kier molecular flexibility index (Phi) is 3.65. The summed E-state index contributed by atoms with van der Waals surface area (Å²) in [6, 6.07) is 18.2. The van der Waals surface area contributed by atoms with E-state index in [0.717, 1.165) is 29.7 Å². The van der Waals surface area contributed by atoms with Crippen LogP contribution in [0.2, 0.25) is 0 Å². The third kappa shape index (κ3) is 2.71. The van der Waals surface area contributed by atoms with Gasteiger partial charge in [0.1, 0.15) is 0 Å². The molecule has 0 unspecified atom stereocenters. The summed E-state index contributed by atoms with van der Waals surface area (Å²) in [7, 11) is 0. The van der Waals surface area contributed by atoms with Gasteiger partial charge in [-0.3, -0.25) is 4.79 Å². The highest BCUT2D eigenvalue weighted by Gasteiger charge is 2.50. The number of hydrogen-bond acceptors (Lipinski definition) is 2. The Morgan fingerprint density at radius 1 is 1.08 bits per heavy atom. The van der Waals surface area contributed by atoms with E-state index < -0.39 is 0 Å². The highest BCUT2D eigenvalue weighted by molar-refractivity contribution is 5.91. The van der Waals surface area contributed by atoms with Crippen LogP contribution in [0.3, 0.4) is 0 Å². The number of nitrogens with one attached hydrogen (secondary N) is 1. The van der Waals surface area contributed by atoms with Gasteiger partial charge in [0.25, 0.3) is 0 Å². The van der Waals surface area contributed by atoms with Crippen LogP contribution in [0.5, 0.6) is 0 Å².